The van der Waals surface area contributed by atoms with Gasteiger partial charge in [0.05, 0.1) is 0 Å². The van der Waals surface area contributed by atoms with Crippen LogP contribution >= 0.6 is 0 Å². The first kappa shape index (κ1) is 83.7. The third-order valence-electron chi connectivity index (χ3n) is 3.81. The van der Waals surface area contributed by atoms with E-state index < -0.39 is 0 Å². The van der Waals surface area contributed by atoms with E-state index in [2.05, 4.69) is 114 Å². The Bertz CT molecular complexity index is 247. The first-order valence-electron chi connectivity index (χ1n) is 10.8. The second-order valence-corrected chi connectivity index (χ2v) is 9.14. The zero-order chi connectivity index (χ0) is 23.2. The molecule has 0 unspecified atom stereocenters. The molecular formula is C28H74Li3N6OTi. The predicted octanol–water partition coefficient (Wildman–Crippen LogP) is -5.16. The zero-order valence-corrected chi connectivity index (χ0v) is 33.2. The SMILES string of the molecule is C1CCOC1.CN(C)CCN(C)C.CN(C)CCN(C)C.CN(C)CCN(C)C.[CH3-].[CH3-].[CH3-].[CH3-].[CH3-].[CH3-].[Li+].[Li+].[Li+].[Ti+3]. The summed E-state index contributed by atoms with van der Waals surface area (Å²) in [4.78, 5) is 13.1. The number of nitrogens with zero attached hydrogens (tertiary/aromatic N) is 6. The molecule has 0 aromatic carbocycles. The number of hydrogen-bond donors (Lipinski definition) is 0. The van der Waals surface area contributed by atoms with Crippen LogP contribution in [0, 0.1) is 44.6 Å². The summed E-state index contributed by atoms with van der Waals surface area (Å²) in [5.74, 6) is 0. The van der Waals surface area contributed by atoms with Gasteiger partial charge in [0.2, 0.25) is 0 Å². The van der Waals surface area contributed by atoms with Gasteiger partial charge in [-0.25, -0.2) is 0 Å². The van der Waals surface area contributed by atoms with Crippen LogP contribution in [-0.2, 0) is 26.5 Å². The minimum Gasteiger partial charge on any atom is -0.381 e. The molecule has 0 amide bonds. The van der Waals surface area contributed by atoms with Crippen LogP contribution in [0.1, 0.15) is 12.8 Å². The van der Waals surface area contributed by atoms with Crippen molar-refractivity contribution >= 4 is 0 Å². The van der Waals surface area contributed by atoms with Gasteiger partial charge in [-0.3, -0.25) is 0 Å². The summed E-state index contributed by atoms with van der Waals surface area (Å²) in [6.07, 6.45) is 2.56. The summed E-state index contributed by atoms with van der Waals surface area (Å²) in [5, 5.41) is 0. The van der Waals surface area contributed by atoms with Crippen LogP contribution in [-0.4, -0.2) is 166 Å². The number of hydrogen-bond acceptors (Lipinski definition) is 7. The molecule has 1 radical (unpaired) electrons. The van der Waals surface area contributed by atoms with Gasteiger partial charge in [-0.2, -0.15) is 0 Å². The second-order valence-electron chi connectivity index (χ2n) is 9.14. The standard InChI is InChI=1S/3C6H16N2.C4H8O.6CH3.3Li.Ti/c3*1-7(2)5-6-8(3)4;1-2-4-5-3-1;;;;;;;;;;/h3*5-6H2,1-4H3;1-4H2;6*1H3;;;;/q;;;;6*-1;3*+1;+3. The van der Waals surface area contributed by atoms with Crippen molar-refractivity contribution in [3.8, 4) is 0 Å². The summed E-state index contributed by atoms with van der Waals surface area (Å²) in [6.45, 7) is 8.88. The minimum atomic E-state index is 0. The second kappa shape index (κ2) is 63.5. The molecule has 1 aliphatic rings. The van der Waals surface area contributed by atoms with E-state index in [0.717, 1.165) is 52.5 Å². The van der Waals surface area contributed by atoms with E-state index in [9.17, 15) is 0 Å². The molecule has 1 aliphatic heterocycles. The zero-order valence-electron chi connectivity index (χ0n) is 31.7. The molecule has 0 N–H and O–H groups in total. The monoisotopic (exact) mass is 580 g/mol. The van der Waals surface area contributed by atoms with E-state index >= 15 is 0 Å². The first-order valence-corrected chi connectivity index (χ1v) is 10.8. The summed E-state index contributed by atoms with van der Waals surface area (Å²) >= 11 is 0. The number of rotatable bonds is 9. The van der Waals surface area contributed by atoms with E-state index in [1.807, 2.05) is 0 Å². The molecule has 0 spiro atoms. The molecule has 229 valence electrons. The Morgan fingerprint density at radius 2 is 0.487 bits per heavy atom. The van der Waals surface area contributed by atoms with Gasteiger partial charge < -0.3 is 78.7 Å². The van der Waals surface area contributed by atoms with Crippen molar-refractivity contribution < 1.29 is 83.0 Å². The maximum atomic E-state index is 4.94. The Morgan fingerprint density at radius 3 is 0.538 bits per heavy atom. The van der Waals surface area contributed by atoms with E-state index in [0.29, 0.717) is 0 Å². The van der Waals surface area contributed by atoms with Crippen molar-refractivity contribution in [2.24, 2.45) is 0 Å². The van der Waals surface area contributed by atoms with Crippen LogP contribution in [0.3, 0.4) is 0 Å². The van der Waals surface area contributed by atoms with Gasteiger partial charge >= 0.3 is 78.3 Å². The summed E-state index contributed by atoms with van der Waals surface area (Å²) < 4.78 is 4.94. The van der Waals surface area contributed by atoms with Crippen molar-refractivity contribution in [3.63, 3.8) is 0 Å². The van der Waals surface area contributed by atoms with Gasteiger partial charge in [-0.1, -0.05) is 0 Å². The van der Waals surface area contributed by atoms with Crippen LogP contribution in [0.15, 0.2) is 0 Å². The van der Waals surface area contributed by atoms with E-state index in [-0.39, 0.29) is 123 Å². The molecule has 11 heteroatoms. The molecule has 0 aromatic heterocycles. The topological polar surface area (TPSA) is 28.7 Å². The first-order chi connectivity index (χ1) is 13.4. The molecule has 39 heavy (non-hydrogen) atoms. The minimum absolute atomic E-state index is 0. The van der Waals surface area contributed by atoms with E-state index in [4.69, 9.17) is 4.74 Å². The molecule has 1 fully saturated rings. The van der Waals surface area contributed by atoms with Crippen LogP contribution in [0.25, 0.3) is 0 Å². The van der Waals surface area contributed by atoms with E-state index in [1.165, 1.54) is 12.8 Å². The Morgan fingerprint density at radius 1 is 0.359 bits per heavy atom. The fourth-order valence-electron chi connectivity index (χ4n) is 1.71. The van der Waals surface area contributed by atoms with Gasteiger partial charge in [-0.05, 0) is 97.4 Å². The molecule has 0 saturated carbocycles. The summed E-state index contributed by atoms with van der Waals surface area (Å²) in [5.41, 5.74) is 0. The molecule has 0 atom stereocenters. The number of ether oxygens (including phenoxy) is 1. The average molecular weight is 580 g/mol. The quantitative estimate of drug-likeness (QED) is 0.200. The smallest absolute Gasteiger partial charge is 0.381 e. The van der Waals surface area contributed by atoms with Crippen LogP contribution in [0.5, 0.6) is 0 Å². The predicted molar refractivity (Wildman–Crippen MR) is 170 cm³/mol. The normalized spacial score (nSPS) is 10.0. The summed E-state index contributed by atoms with van der Waals surface area (Å²) in [6, 6.07) is 0. The Labute approximate surface area is 304 Å². The summed E-state index contributed by atoms with van der Waals surface area (Å²) in [7, 11) is 25.0. The van der Waals surface area contributed by atoms with Crippen LogP contribution in [0.4, 0.5) is 0 Å². The maximum Gasteiger partial charge on any atom is 3.00 e. The van der Waals surface area contributed by atoms with Gasteiger partial charge in [0, 0.05) is 52.5 Å². The molecule has 0 bridgehead atoms. The van der Waals surface area contributed by atoms with Crippen molar-refractivity contribution in [2.75, 3.05) is 137 Å². The van der Waals surface area contributed by atoms with Gasteiger partial charge in [0.1, 0.15) is 0 Å². The van der Waals surface area contributed by atoms with Gasteiger partial charge in [0.15, 0.2) is 0 Å². The molecule has 0 aromatic rings. The maximum absolute atomic E-state index is 4.94. The molecular weight excluding hydrogens is 505 g/mol. The largest absolute Gasteiger partial charge is 3.00 e. The fourth-order valence-corrected chi connectivity index (χ4v) is 1.71. The molecule has 0 aliphatic carbocycles. The van der Waals surface area contributed by atoms with Crippen molar-refractivity contribution in [2.45, 2.75) is 12.8 Å². The Hall–Kier alpha value is 2.23. The van der Waals surface area contributed by atoms with Crippen molar-refractivity contribution in [1.29, 1.82) is 0 Å². The third kappa shape index (κ3) is 119. The van der Waals surface area contributed by atoms with Gasteiger partial charge in [-0.15, -0.1) is 0 Å². The molecule has 1 rings (SSSR count). The van der Waals surface area contributed by atoms with Crippen molar-refractivity contribution in [1.82, 2.24) is 29.4 Å². The van der Waals surface area contributed by atoms with Crippen LogP contribution in [0.2, 0.25) is 0 Å². The van der Waals surface area contributed by atoms with Crippen molar-refractivity contribution in [3.05, 3.63) is 44.6 Å². The molecule has 7 nitrogen and oxygen atoms in total. The van der Waals surface area contributed by atoms with Crippen LogP contribution < -0.4 is 56.6 Å². The fraction of sp³-hybridized carbons (Fsp3) is 0.786. The van der Waals surface area contributed by atoms with Gasteiger partial charge in [0.25, 0.3) is 0 Å². The van der Waals surface area contributed by atoms with E-state index in [1.54, 1.807) is 0 Å². The molecule has 1 heterocycles. The Kier molecular flexibility index (Phi) is 136. The average Bonchev–Trinajstić information content (AvgIpc) is 3.17. The third-order valence-corrected chi connectivity index (χ3v) is 3.81. The Balaban J connectivity index is -0.0000000195. The number of likely N-dealkylation sites (N-methyl/N-ethyl adjacent to an activating group) is 6. The molecule has 1 saturated heterocycles.